The lowest BCUT2D eigenvalue weighted by molar-refractivity contribution is -0.154. The van der Waals surface area contributed by atoms with Crippen LogP contribution in [0.4, 0.5) is 4.79 Å². The Hall–Kier alpha value is -1.79. The van der Waals surface area contributed by atoms with E-state index < -0.39 is 35.2 Å². The summed E-state index contributed by atoms with van der Waals surface area (Å²) >= 11 is 0. The number of carbonyl (C=O) groups excluding carboxylic acids is 1. The number of carbonyl (C=O) groups is 3. The third-order valence-corrected chi connectivity index (χ3v) is 1.95. The zero-order chi connectivity index (χ0) is 18.1. The van der Waals surface area contributed by atoms with Crippen LogP contribution in [0.5, 0.6) is 0 Å². The minimum absolute atomic E-state index is 0.199. The molecule has 0 rings (SSSR count). The van der Waals surface area contributed by atoms with Gasteiger partial charge in [-0.15, -0.1) is 0 Å². The van der Waals surface area contributed by atoms with E-state index in [1.165, 1.54) is 0 Å². The van der Waals surface area contributed by atoms with Crippen molar-refractivity contribution >= 4 is 18.1 Å². The molecule has 130 valence electrons. The number of rotatable bonds is 4. The third kappa shape index (κ3) is 14.6. The van der Waals surface area contributed by atoms with Crippen molar-refractivity contribution in [3.05, 3.63) is 0 Å². The van der Waals surface area contributed by atoms with Crippen molar-refractivity contribution < 1.29 is 34.1 Å². The van der Waals surface area contributed by atoms with Gasteiger partial charge in [0.25, 0.3) is 0 Å². The highest BCUT2D eigenvalue weighted by atomic mass is 16.7. The maximum atomic E-state index is 11.0. The minimum Gasteiger partial charge on any atom is -0.481 e. The predicted molar refractivity (Wildman–Crippen MR) is 80.7 cm³/mol. The van der Waals surface area contributed by atoms with E-state index in [1.54, 1.807) is 48.5 Å². The van der Waals surface area contributed by atoms with Crippen LogP contribution in [0.2, 0.25) is 0 Å². The quantitative estimate of drug-likeness (QED) is 0.604. The lowest BCUT2D eigenvalue weighted by atomic mass is 10.1. The van der Waals surface area contributed by atoms with Crippen molar-refractivity contribution in [2.75, 3.05) is 0 Å². The number of ether oxygens (including phenoxy) is 2. The van der Waals surface area contributed by atoms with Gasteiger partial charge in [0, 0.05) is 0 Å². The van der Waals surface area contributed by atoms with Crippen LogP contribution in [0.15, 0.2) is 0 Å². The lowest BCUT2D eigenvalue weighted by Gasteiger charge is -2.24. The standard InChI is InChI=1S/C9H18O3.C6H10O4/c1-8(2,3)11-7(10)12-9(4,5)6;1-2-3-4(5(7)8)6(9)10/h1-6H3;4H,2-3H2,1H3,(H,7,8)(H,9,10). The molecule has 0 aromatic rings. The van der Waals surface area contributed by atoms with Crippen molar-refractivity contribution in [3.63, 3.8) is 0 Å². The van der Waals surface area contributed by atoms with Gasteiger partial charge in [0.05, 0.1) is 0 Å². The summed E-state index contributed by atoms with van der Waals surface area (Å²) < 4.78 is 9.91. The molecule has 7 nitrogen and oxygen atoms in total. The second-order valence-electron chi connectivity index (χ2n) is 6.70. The molecule has 0 aromatic heterocycles. The Morgan fingerprint density at radius 2 is 1.18 bits per heavy atom. The van der Waals surface area contributed by atoms with Crippen molar-refractivity contribution in [1.82, 2.24) is 0 Å². The first-order valence-electron chi connectivity index (χ1n) is 7.07. The number of hydrogen-bond acceptors (Lipinski definition) is 5. The van der Waals surface area contributed by atoms with Crippen LogP contribution >= 0.6 is 0 Å². The Kier molecular flexibility index (Phi) is 9.48. The summed E-state index contributed by atoms with van der Waals surface area (Å²) in [7, 11) is 0. The highest BCUT2D eigenvalue weighted by Crippen LogP contribution is 2.13. The molecule has 0 radical (unpaired) electrons. The highest BCUT2D eigenvalue weighted by Gasteiger charge is 2.24. The van der Waals surface area contributed by atoms with E-state index in [1.807, 2.05) is 0 Å². The summed E-state index contributed by atoms with van der Waals surface area (Å²) in [4.78, 5) is 31.3. The summed E-state index contributed by atoms with van der Waals surface area (Å²) in [5.74, 6) is -3.74. The van der Waals surface area contributed by atoms with Crippen LogP contribution in [-0.2, 0) is 19.1 Å². The molecule has 0 heterocycles. The first-order chi connectivity index (χ1) is 9.69. The molecule has 0 atom stereocenters. The number of carboxylic acid groups (broad SMARTS) is 2. The van der Waals surface area contributed by atoms with E-state index in [2.05, 4.69) is 0 Å². The Balaban J connectivity index is 0. The molecule has 0 spiro atoms. The third-order valence-electron chi connectivity index (χ3n) is 1.95. The monoisotopic (exact) mass is 320 g/mol. The summed E-state index contributed by atoms with van der Waals surface area (Å²) in [6, 6.07) is 0. The van der Waals surface area contributed by atoms with E-state index in [-0.39, 0.29) is 6.42 Å². The zero-order valence-electron chi connectivity index (χ0n) is 14.4. The Morgan fingerprint density at radius 3 is 1.32 bits per heavy atom. The summed E-state index contributed by atoms with van der Waals surface area (Å²) in [5.41, 5.74) is -0.968. The van der Waals surface area contributed by atoms with Gasteiger partial charge < -0.3 is 19.7 Å². The van der Waals surface area contributed by atoms with E-state index >= 15 is 0 Å². The van der Waals surface area contributed by atoms with Gasteiger partial charge in [-0.25, -0.2) is 4.79 Å². The molecule has 0 amide bonds. The molecular formula is C15H28O7. The van der Waals surface area contributed by atoms with Gasteiger partial charge in [0.2, 0.25) is 0 Å². The number of aliphatic carboxylic acids is 2. The lowest BCUT2D eigenvalue weighted by Crippen LogP contribution is -2.30. The molecule has 0 bridgehead atoms. The van der Waals surface area contributed by atoms with Crippen LogP contribution < -0.4 is 0 Å². The van der Waals surface area contributed by atoms with Gasteiger partial charge in [0.1, 0.15) is 11.2 Å². The van der Waals surface area contributed by atoms with Crippen LogP contribution in [0, 0.1) is 5.92 Å². The van der Waals surface area contributed by atoms with Crippen molar-refractivity contribution in [3.8, 4) is 0 Å². The van der Waals surface area contributed by atoms with E-state index in [4.69, 9.17) is 19.7 Å². The van der Waals surface area contributed by atoms with Gasteiger partial charge in [-0.2, -0.15) is 0 Å². The highest BCUT2D eigenvalue weighted by molar-refractivity contribution is 5.92. The van der Waals surface area contributed by atoms with E-state index in [0.29, 0.717) is 6.42 Å². The first kappa shape index (κ1) is 22.5. The molecule has 0 aromatic carbocycles. The molecule has 22 heavy (non-hydrogen) atoms. The molecule has 0 aliphatic heterocycles. The van der Waals surface area contributed by atoms with Gasteiger partial charge in [-0.05, 0) is 48.0 Å². The molecular weight excluding hydrogens is 292 g/mol. The second kappa shape index (κ2) is 9.27. The van der Waals surface area contributed by atoms with Crippen LogP contribution in [0.3, 0.4) is 0 Å². The van der Waals surface area contributed by atoms with Gasteiger partial charge >= 0.3 is 18.1 Å². The van der Waals surface area contributed by atoms with Crippen molar-refractivity contribution in [2.45, 2.75) is 72.5 Å². The molecule has 0 aliphatic carbocycles. The van der Waals surface area contributed by atoms with Gasteiger partial charge in [-0.1, -0.05) is 13.3 Å². The van der Waals surface area contributed by atoms with Gasteiger partial charge in [0.15, 0.2) is 5.92 Å². The first-order valence-corrected chi connectivity index (χ1v) is 7.07. The fourth-order valence-corrected chi connectivity index (χ4v) is 1.16. The largest absolute Gasteiger partial charge is 0.509 e. The Labute approximate surface area is 131 Å². The maximum absolute atomic E-state index is 11.0. The summed E-state index contributed by atoms with van der Waals surface area (Å²) in [5, 5.41) is 16.6. The molecule has 0 saturated heterocycles. The molecule has 7 heteroatoms. The number of hydrogen-bond donors (Lipinski definition) is 2. The van der Waals surface area contributed by atoms with Crippen molar-refractivity contribution in [1.29, 1.82) is 0 Å². The second-order valence-corrected chi connectivity index (χ2v) is 6.70. The fourth-order valence-electron chi connectivity index (χ4n) is 1.16. The molecule has 0 unspecified atom stereocenters. The molecule has 0 saturated carbocycles. The van der Waals surface area contributed by atoms with Crippen LogP contribution in [0.1, 0.15) is 61.3 Å². The van der Waals surface area contributed by atoms with Crippen LogP contribution in [-0.4, -0.2) is 39.5 Å². The average Bonchev–Trinajstić information content (AvgIpc) is 2.19. The minimum atomic E-state index is -1.26. The summed E-state index contributed by atoms with van der Waals surface area (Å²) in [6.45, 7) is 12.6. The normalized spacial score (nSPS) is 11.3. The van der Waals surface area contributed by atoms with Crippen molar-refractivity contribution in [2.24, 2.45) is 5.92 Å². The fraction of sp³-hybridized carbons (Fsp3) is 0.800. The van der Waals surface area contributed by atoms with Crippen LogP contribution in [0.25, 0.3) is 0 Å². The average molecular weight is 320 g/mol. The zero-order valence-corrected chi connectivity index (χ0v) is 14.4. The van der Waals surface area contributed by atoms with Gasteiger partial charge in [-0.3, -0.25) is 9.59 Å². The Bertz CT molecular complexity index is 342. The molecule has 0 aliphatic rings. The maximum Gasteiger partial charge on any atom is 0.509 e. The predicted octanol–water partition coefficient (Wildman–Crippen LogP) is 3.31. The SMILES string of the molecule is CC(C)(C)OC(=O)OC(C)(C)C.CCCC(C(=O)O)C(=O)O. The van der Waals surface area contributed by atoms with E-state index in [0.717, 1.165) is 0 Å². The summed E-state index contributed by atoms with van der Waals surface area (Å²) in [6.07, 6.45) is 0.156. The van der Waals surface area contributed by atoms with E-state index in [9.17, 15) is 14.4 Å². The number of carboxylic acids is 2. The Morgan fingerprint density at radius 1 is 0.864 bits per heavy atom. The molecule has 0 fully saturated rings. The smallest absolute Gasteiger partial charge is 0.481 e. The molecule has 2 N–H and O–H groups in total. The topological polar surface area (TPSA) is 110 Å².